The van der Waals surface area contributed by atoms with Gasteiger partial charge in [-0.2, -0.15) is 0 Å². The van der Waals surface area contributed by atoms with Crippen LogP contribution in [0.2, 0.25) is 0 Å². The van der Waals surface area contributed by atoms with Gasteiger partial charge in [0.25, 0.3) is 0 Å². The first kappa shape index (κ1) is 11.1. The van der Waals surface area contributed by atoms with Gasteiger partial charge in [0.05, 0.1) is 0 Å². The van der Waals surface area contributed by atoms with E-state index in [0.717, 1.165) is 17.6 Å². The van der Waals surface area contributed by atoms with Gasteiger partial charge in [0, 0.05) is 29.0 Å². The smallest absolute Gasteiger partial charge is 0.0333 e. The summed E-state index contributed by atoms with van der Waals surface area (Å²) < 4.78 is 1.16. The summed E-state index contributed by atoms with van der Waals surface area (Å²) in [5.74, 6) is 0.421. The molecule has 0 aromatic heterocycles. The van der Waals surface area contributed by atoms with Crippen molar-refractivity contribution in [3.8, 4) is 0 Å². The normalized spacial score (nSPS) is 30.8. The summed E-state index contributed by atoms with van der Waals surface area (Å²) in [5.41, 5.74) is 8.76. The molecule has 3 heteroatoms. The third-order valence-corrected chi connectivity index (χ3v) is 4.12. The van der Waals surface area contributed by atoms with Crippen molar-refractivity contribution in [3.05, 3.63) is 33.8 Å². The lowest BCUT2D eigenvalue weighted by Crippen LogP contribution is -2.42. The zero-order chi connectivity index (χ0) is 11.1. The molecule has 1 aromatic rings. The zero-order valence-corrected chi connectivity index (χ0v) is 10.8. The fraction of sp³-hybridized carbons (Fsp3) is 0.500. The SMILES string of the molecule is Cc1cc([C@H]2CNC[C@]2(C)N)ccc1Br. The highest BCUT2D eigenvalue weighted by Gasteiger charge is 2.35. The number of aryl methyl sites for hydroxylation is 1. The molecule has 2 rings (SSSR count). The fourth-order valence-corrected chi connectivity index (χ4v) is 2.47. The molecular formula is C12H17BrN2. The molecular weight excluding hydrogens is 252 g/mol. The molecule has 0 bridgehead atoms. The molecule has 0 amide bonds. The largest absolute Gasteiger partial charge is 0.324 e. The van der Waals surface area contributed by atoms with E-state index in [9.17, 15) is 0 Å². The van der Waals surface area contributed by atoms with Crippen molar-refractivity contribution in [2.24, 2.45) is 5.73 Å². The van der Waals surface area contributed by atoms with Gasteiger partial charge < -0.3 is 11.1 Å². The maximum absolute atomic E-state index is 6.27. The fourth-order valence-electron chi connectivity index (χ4n) is 2.23. The Balaban J connectivity index is 2.33. The third kappa shape index (κ3) is 2.10. The van der Waals surface area contributed by atoms with Crippen molar-refractivity contribution in [1.29, 1.82) is 0 Å². The van der Waals surface area contributed by atoms with Crippen LogP contribution in [0.5, 0.6) is 0 Å². The molecule has 82 valence electrons. The van der Waals surface area contributed by atoms with Crippen LogP contribution in [0, 0.1) is 6.92 Å². The first-order valence-electron chi connectivity index (χ1n) is 5.26. The number of benzene rings is 1. The molecule has 1 aliphatic rings. The van der Waals surface area contributed by atoms with E-state index in [1.54, 1.807) is 0 Å². The van der Waals surface area contributed by atoms with E-state index >= 15 is 0 Å². The summed E-state index contributed by atoms with van der Waals surface area (Å²) in [6, 6.07) is 6.51. The minimum atomic E-state index is -0.125. The molecule has 0 aliphatic carbocycles. The van der Waals surface area contributed by atoms with Crippen LogP contribution in [0.1, 0.15) is 24.0 Å². The van der Waals surface area contributed by atoms with E-state index in [2.05, 4.69) is 53.3 Å². The second-order valence-electron chi connectivity index (χ2n) is 4.70. The Kier molecular flexibility index (Phi) is 2.88. The monoisotopic (exact) mass is 268 g/mol. The van der Waals surface area contributed by atoms with Gasteiger partial charge in [0.15, 0.2) is 0 Å². The second kappa shape index (κ2) is 3.89. The molecule has 1 aromatic carbocycles. The first-order chi connectivity index (χ1) is 7.00. The van der Waals surface area contributed by atoms with Crippen LogP contribution in [0.3, 0.4) is 0 Å². The highest BCUT2D eigenvalue weighted by Crippen LogP contribution is 2.31. The summed E-state index contributed by atoms with van der Waals surface area (Å²) >= 11 is 3.52. The van der Waals surface area contributed by atoms with Gasteiger partial charge in [-0.15, -0.1) is 0 Å². The van der Waals surface area contributed by atoms with Gasteiger partial charge in [0.1, 0.15) is 0 Å². The standard InChI is InChI=1S/C12H17BrN2/c1-8-5-9(3-4-11(8)13)10-6-15-7-12(10,2)14/h3-5,10,15H,6-7,14H2,1-2H3/t10-,12+/m1/s1. The molecule has 3 N–H and O–H groups in total. The average Bonchev–Trinajstić information content (AvgIpc) is 2.50. The molecule has 1 heterocycles. The molecule has 1 aliphatic heterocycles. The van der Waals surface area contributed by atoms with Crippen LogP contribution in [-0.2, 0) is 0 Å². The lowest BCUT2D eigenvalue weighted by molar-refractivity contribution is 0.462. The number of hydrogen-bond acceptors (Lipinski definition) is 2. The molecule has 0 unspecified atom stereocenters. The summed E-state index contributed by atoms with van der Waals surface area (Å²) in [6.45, 7) is 6.11. The minimum absolute atomic E-state index is 0.125. The van der Waals surface area contributed by atoms with Crippen LogP contribution >= 0.6 is 15.9 Å². The average molecular weight is 269 g/mol. The van der Waals surface area contributed by atoms with Crippen LogP contribution in [-0.4, -0.2) is 18.6 Å². The molecule has 0 spiro atoms. The summed E-state index contributed by atoms with van der Waals surface area (Å²) in [7, 11) is 0. The van der Waals surface area contributed by atoms with E-state index < -0.39 is 0 Å². The number of halogens is 1. The Labute approximate surface area is 99.4 Å². The molecule has 2 nitrogen and oxygen atoms in total. The van der Waals surface area contributed by atoms with Crippen molar-refractivity contribution >= 4 is 15.9 Å². The second-order valence-corrected chi connectivity index (χ2v) is 5.55. The van der Waals surface area contributed by atoms with Gasteiger partial charge in [-0.1, -0.05) is 28.1 Å². The summed E-state index contributed by atoms with van der Waals surface area (Å²) in [6.07, 6.45) is 0. The quantitative estimate of drug-likeness (QED) is 0.820. The van der Waals surface area contributed by atoms with Crippen molar-refractivity contribution in [3.63, 3.8) is 0 Å². The third-order valence-electron chi connectivity index (χ3n) is 3.23. The maximum atomic E-state index is 6.27. The summed E-state index contributed by atoms with van der Waals surface area (Å²) in [5, 5.41) is 3.36. The van der Waals surface area contributed by atoms with Crippen LogP contribution < -0.4 is 11.1 Å². The molecule has 15 heavy (non-hydrogen) atoms. The van der Waals surface area contributed by atoms with Crippen molar-refractivity contribution in [2.75, 3.05) is 13.1 Å². The predicted octanol–water partition coefficient (Wildman–Crippen LogP) is 2.16. The molecule has 0 radical (unpaired) electrons. The van der Waals surface area contributed by atoms with Crippen LogP contribution in [0.15, 0.2) is 22.7 Å². The highest BCUT2D eigenvalue weighted by molar-refractivity contribution is 9.10. The minimum Gasteiger partial charge on any atom is -0.324 e. The van der Waals surface area contributed by atoms with Gasteiger partial charge in [-0.3, -0.25) is 0 Å². The van der Waals surface area contributed by atoms with Gasteiger partial charge >= 0.3 is 0 Å². The van der Waals surface area contributed by atoms with Crippen molar-refractivity contribution < 1.29 is 0 Å². The first-order valence-corrected chi connectivity index (χ1v) is 6.05. The Morgan fingerprint density at radius 1 is 1.53 bits per heavy atom. The molecule has 1 saturated heterocycles. The van der Waals surface area contributed by atoms with E-state index in [1.165, 1.54) is 11.1 Å². The van der Waals surface area contributed by atoms with Crippen LogP contribution in [0.4, 0.5) is 0 Å². The zero-order valence-electron chi connectivity index (χ0n) is 9.18. The van der Waals surface area contributed by atoms with Gasteiger partial charge in [0.2, 0.25) is 0 Å². The molecule has 0 saturated carbocycles. The van der Waals surface area contributed by atoms with Crippen molar-refractivity contribution in [2.45, 2.75) is 25.3 Å². The molecule has 2 atom stereocenters. The number of rotatable bonds is 1. The van der Waals surface area contributed by atoms with Crippen LogP contribution in [0.25, 0.3) is 0 Å². The number of nitrogens with one attached hydrogen (secondary N) is 1. The van der Waals surface area contributed by atoms with E-state index in [1.807, 2.05) is 0 Å². The van der Waals surface area contributed by atoms with Crippen molar-refractivity contribution in [1.82, 2.24) is 5.32 Å². The number of nitrogens with two attached hydrogens (primary N) is 1. The van der Waals surface area contributed by atoms with Gasteiger partial charge in [-0.25, -0.2) is 0 Å². The highest BCUT2D eigenvalue weighted by atomic mass is 79.9. The lowest BCUT2D eigenvalue weighted by Gasteiger charge is -2.26. The van der Waals surface area contributed by atoms with E-state index in [4.69, 9.17) is 5.73 Å². The van der Waals surface area contributed by atoms with Gasteiger partial charge in [-0.05, 0) is 31.0 Å². The topological polar surface area (TPSA) is 38.0 Å². The molecule has 1 fully saturated rings. The Bertz CT molecular complexity index is 374. The Morgan fingerprint density at radius 2 is 2.27 bits per heavy atom. The Hall–Kier alpha value is -0.380. The predicted molar refractivity (Wildman–Crippen MR) is 67.1 cm³/mol. The van der Waals surface area contributed by atoms with E-state index in [0.29, 0.717) is 5.92 Å². The van der Waals surface area contributed by atoms with E-state index in [-0.39, 0.29) is 5.54 Å². The summed E-state index contributed by atoms with van der Waals surface area (Å²) in [4.78, 5) is 0. The maximum Gasteiger partial charge on any atom is 0.0333 e. The lowest BCUT2D eigenvalue weighted by atomic mass is 9.84. The number of hydrogen-bond donors (Lipinski definition) is 2. The Morgan fingerprint density at radius 3 is 2.80 bits per heavy atom.